The lowest BCUT2D eigenvalue weighted by Gasteiger charge is -2.18. The second-order valence-corrected chi connectivity index (χ2v) is 7.46. The van der Waals surface area contributed by atoms with E-state index in [0.717, 1.165) is 32.7 Å². The lowest BCUT2D eigenvalue weighted by atomic mass is 9.90. The maximum Gasteiger partial charge on any atom is 0.153 e. The summed E-state index contributed by atoms with van der Waals surface area (Å²) in [4.78, 5) is 11.7. The van der Waals surface area contributed by atoms with Crippen molar-refractivity contribution in [2.45, 2.75) is 6.61 Å². The van der Waals surface area contributed by atoms with Crippen LogP contribution in [0.5, 0.6) is 11.5 Å². The topological polar surface area (TPSA) is 46.5 Å². The van der Waals surface area contributed by atoms with E-state index < -0.39 is 0 Å². The van der Waals surface area contributed by atoms with E-state index in [4.69, 9.17) is 4.74 Å². The molecule has 0 unspecified atom stereocenters. The van der Waals surface area contributed by atoms with Crippen LogP contribution < -0.4 is 4.74 Å². The first-order valence-electron chi connectivity index (χ1n) is 10.1. The zero-order chi connectivity index (χ0) is 21.2. The van der Waals surface area contributed by atoms with E-state index in [1.807, 2.05) is 91.0 Å². The second-order valence-electron chi connectivity index (χ2n) is 7.46. The Morgan fingerprint density at radius 2 is 1.35 bits per heavy atom. The Hall–Kier alpha value is -4.11. The quantitative estimate of drug-likeness (QED) is 0.329. The van der Waals surface area contributed by atoms with Crippen LogP contribution in [-0.2, 0) is 6.61 Å². The van der Waals surface area contributed by atoms with Gasteiger partial charge < -0.3 is 9.84 Å². The Morgan fingerprint density at radius 3 is 2.10 bits per heavy atom. The van der Waals surface area contributed by atoms with Gasteiger partial charge in [0.1, 0.15) is 18.1 Å². The zero-order valence-electron chi connectivity index (χ0n) is 16.8. The van der Waals surface area contributed by atoms with Crippen LogP contribution in [0.15, 0.2) is 97.1 Å². The molecule has 0 aliphatic heterocycles. The number of carbonyl (C=O) groups excluding carboxylic acids is 1. The third-order valence-electron chi connectivity index (χ3n) is 5.56. The normalized spacial score (nSPS) is 11.0. The van der Waals surface area contributed by atoms with E-state index in [1.54, 1.807) is 6.07 Å². The molecule has 0 spiro atoms. The van der Waals surface area contributed by atoms with Crippen LogP contribution in [0, 0.1) is 0 Å². The highest BCUT2D eigenvalue weighted by Gasteiger charge is 2.20. The molecule has 3 nitrogen and oxygen atoms in total. The molecule has 0 saturated heterocycles. The second kappa shape index (κ2) is 7.96. The van der Waals surface area contributed by atoms with Crippen LogP contribution in [0.25, 0.3) is 32.7 Å². The van der Waals surface area contributed by atoms with Gasteiger partial charge in [-0.25, -0.2) is 0 Å². The van der Waals surface area contributed by atoms with Gasteiger partial charge in [0.15, 0.2) is 6.29 Å². The van der Waals surface area contributed by atoms with Crippen LogP contribution >= 0.6 is 0 Å². The Bertz CT molecular complexity index is 1400. The molecule has 0 aromatic heterocycles. The molecule has 31 heavy (non-hydrogen) atoms. The molecule has 0 atom stereocenters. The van der Waals surface area contributed by atoms with Gasteiger partial charge in [-0.05, 0) is 39.2 Å². The molecular weight excluding hydrogens is 384 g/mol. The van der Waals surface area contributed by atoms with Crippen LogP contribution in [0.1, 0.15) is 15.9 Å². The number of fused-ring (bicyclic) bond motifs is 2. The number of ether oxygens (including phenoxy) is 1. The molecule has 1 N–H and O–H groups in total. The molecule has 5 rings (SSSR count). The summed E-state index contributed by atoms with van der Waals surface area (Å²) in [7, 11) is 0. The summed E-state index contributed by atoms with van der Waals surface area (Å²) in [5.41, 5.74) is 2.71. The molecule has 0 aliphatic carbocycles. The Morgan fingerprint density at radius 1 is 0.710 bits per heavy atom. The molecule has 0 radical (unpaired) electrons. The van der Waals surface area contributed by atoms with Gasteiger partial charge in [0, 0.05) is 11.1 Å². The van der Waals surface area contributed by atoms with Crippen molar-refractivity contribution in [3.05, 3.63) is 108 Å². The minimum absolute atomic E-state index is 0.0328. The first-order valence-corrected chi connectivity index (χ1v) is 10.1. The molecule has 3 heteroatoms. The van der Waals surface area contributed by atoms with Crippen molar-refractivity contribution in [2.24, 2.45) is 0 Å². The fraction of sp³-hybridized carbons (Fsp3) is 0.0357. The number of phenolic OH excluding ortho intramolecular Hbond substituents is 1. The van der Waals surface area contributed by atoms with Gasteiger partial charge in [0.25, 0.3) is 0 Å². The average Bonchev–Trinajstić information content (AvgIpc) is 2.83. The summed E-state index contributed by atoms with van der Waals surface area (Å²) in [5, 5.41) is 14.9. The molecule has 0 bridgehead atoms. The van der Waals surface area contributed by atoms with Gasteiger partial charge in [-0.3, -0.25) is 4.79 Å². The summed E-state index contributed by atoms with van der Waals surface area (Å²) in [6, 6.07) is 31.4. The fourth-order valence-electron chi connectivity index (χ4n) is 4.07. The number of phenols is 1. The number of carbonyl (C=O) groups is 1. The Balaban J connectivity index is 1.79. The standard InChI is InChI=1S/C28H20O3/c29-17-22-16-21-11-5-7-13-24(21)27(28(22)30)26-23-12-6-4-10-20(23)14-15-25(26)31-18-19-8-2-1-3-9-19/h1-17,30H,18H2. The van der Waals surface area contributed by atoms with Gasteiger partial charge in [0.2, 0.25) is 0 Å². The summed E-state index contributed by atoms with van der Waals surface area (Å²) >= 11 is 0. The van der Waals surface area contributed by atoms with Crippen molar-refractivity contribution >= 4 is 27.8 Å². The highest BCUT2D eigenvalue weighted by molar-refractivity contribution is 6.11. The first-order chi connectivity index (χ1) is 15.3. The highest BCUT2D eigenvalue weighted by Crippen LogP contribution is 2.46. The van der Waals surface area contributed by atoms with Gasteiger partial charge in [-0.15, -0.1) is 0 Å². The number of benzene rings is 5. The minimum atomic E-state index is -0.0328. The van der Waals surface area contributed by atoms with Crippen LogP contribution in [0.2, 0.25) is 0 Å². The van der Waals surface area contributed by atoms with Gasteiger partial charge in [0.05, 0.1) is 5.56 Å². The van der Waals surface area contributed by atoms with Gasteiger partial charge >= 0.3 is 0 Å². The number of rotatable bonds is 5. The molecule has 0 amide bonds. The molecule has 150 valence electrons. The first kappa shape index (κ1) is 18.9. The molecule has 0 fully saturated rings. The van der Waals surface area contributed by atoms with Crippen LogP contribution in [-0.4, -0.2) is 11.4 Å². The molecule has 5 aromatic carbocycles. The minimum Gasteiger partial charge on any atom is -0.507 e. The van der Waals surface area contributed by atoms with E-state index in [0.29, 0.717) is 24.2 Å². The fourth-order valence-corrected chi connectivity index (χ4v) is 4.07. The van der Waals surface area contributed by atoms with Crippen molar-refractivity contribution < 1.29 is 14.6 Å². The van der Waals surface area contributed by atoms with Crippen LogP contribution in [0.3, 0.4) is 0 Å². The Labute approximate surface area is 180 Å². The summed E-state index contributed by atoms with van der Waals surface area (Å²) in [6.07, 6.45) is 0.695. The number of aromatic hydroxyl groups is 1. The summed E-state index contributed by atoms with van der Waals surface area (Å²) in [5.74, 6) is 0.626. The number of hydrogen-bond acceptors (Lipinski definition) is 3. The summed E-state index contributed by atoms with van der Waals surface area (Å²) in [6.45, 7) is 0.401. The number of hydrogen-bond donors (Lipinski definition) is 1. The lowest BCUT2D eigenvalue weighted by molar-refractivity contribution is 0.112. The van der Waals surface area contributed by atoms with E-state index in [-0.39, 0.29) is 11.3 Å². The highest BCUT2D eigenvalue weighted by atomic mass is 16.5. The van der Waals surface area contributed by atoms with E-state index >= 15 is 0 Å². The van der Waals surface area contributed by atoms with E-state index in [1.165, 1.54) is 0 Å². The van der Waals surface area contributed by atoms with Crippen molar-refractivity contribution in [1.29, 1.82) is 0 Å². The summed E-state index contributed by atoms with van der Waals surface area (Å²) < 4.78 is 6.26. The van der Waals surface area contributed by atoms with Crippen molar-refractivity contribution in [3.63, 3.8) is 0 Å². The number of aldehydes is 1. The van der Waals surface area contributed by atoms with E-state index in [2.05, 4.69) is 0 Å². The SMILES string of the molecule is O=Cc1cc2ccccc2c(-c2c(OCc3ccccc3)ccc3ccccc23)c1O. The third-order valence-corrected chi connectivity index (χ3v) is 5.56. The zero-order valence-corrected chi connectivity index (χ0v) is 16.8. The molecule has 0 saturated carbocycles. The molecule has 0 aliphatic rings. The third kappa shape index (κ3) is 3.40. The molecule has 5 aromatic rings. The predicted molar refractivity (Wildman–Crippen MR) is 125 cm³/mol. The van der Waals surface area contributed by atoms with Crippen molar-refractivity contribution in [1.82, 2.24) is 0 Å². The predicted octanol–water partition coefficient (Wildman–Crippen LogP) is 6.76. The average molecular weight is 404 g/mol. The van der Waals surface area contributed by atoms with Gasteiger partial charge in [-0.2, -0.15) is 0 Å². The monoisotopic (exact) mass is 404 g/mol. The van der Waals surface area contributed by atoms with Gasteiger partial charge in [-0.1, -0.05) is 84.9 Å². The lowest BCUT2D eigenvalue weighted by Crippen LogP contribution is -1.99. The molecule has 0 heterocycles. The molecular formula is C28H20O3. The maximum absolute atomic E-state index is 11.7. The smallest absolute Gasteiger partial charge is 0.153 e. The van der Waals surface area contributed by atoms with Crippen molar-refractivity contribution in [3.8, 4) is 22.6 Å². The van der Waals surface area contributed by atoms with Crippen molar-refractivity contribution in [2.75, 3.05) is 0 Å². The maximum atomic E-state index is 11.7. The van der Waals surface area contributed by atoms with E-state index in [9.17, 15) is 9.90 Å². The van der Waals surface area contributed by atoms with Crippen LogP contribution in [0.4, 0.5) is 0 Å². The Kier molecular flexibility index (Phi) is 4.85. The largest absolute Gasteiger partial charge is 0.507 e.